The van der Waals surface area contributed by atoms with E-state index in [0.29, 0.717) is 6.04 Å². The van der Waals surface area contributed by atoms with E-state index in [1.807, 2.05) is 17.9 Å². The lowest BCUT2D eigenvalue weighted by Gasteiger charge is -2.22. The molecule has 16 heavy (non-hydrogen) atoms. The molecule has 0 aromatic carbocycles. The molecule has 0 spiro atoms. The predicted octanol–water partition coefficient (Wildman–Crippen LogP) is 1.87. The summed E-state index contributed by atoms with van der Waals surface area (Å²) in [6.45, 7) is 2.58. The summed E-state index contributed by atoms with van der Waals surface area (Å²) in [5.41, 5.74) is 1.07. The summed E-state index contributed by atoms with van der Waals surface area (Å²) in [6.07, 6.45) is 4.18. The highest BCUT2D eigenvalue weighted by Crippen LogP contribution is 2.15. The molecule has 1 N–H and O–H groups in total. The van der Waals surface area contributed by atoms with E-state index in [-0.39, 0.29) is 12.4 Å². The maximum atomic E-state index is 5.31. The van der Waals surface area contributed by atoms with Gasteiger partial charge < -0.3 is 10.1 Å². The Labute approximate surface area is 110 Å². The molecule has 1 aliphatic rings. The van der Waals surface area contributed by atoms with Gasteiger partial charge in [0.1, 0.15) is 0 Å². The lowest BCUT2D eigenvalue weighted by molar-refractivity contribution is 0.0775. The second kappa shape index (κ2) is 6.59. The van der Waals surface area contributed by atoms with E-state index in [2.05, 4.69) is 26.3 Å². The van der Waals surface area contributed by atoms with Crippen LogP contribution in [0.2, 0.25) is 0 Å². The van der Waals surface area contributed by atoms with Gasteiger partial charge >= 0.3 is 0 Å². The van der Waals surface area contributed by atoms with Gasteiger partial charge in [-0.3, -0.25) is 4.68 Å². The minimum absolute atomic E-state index is 0. The fraction of sp³-hybridized carbons (Fsp3) is 0.700. The van der Waals surface area contributed by atoms with Crippen molar-refractivity contribution < 1.29 is 4.74 Å². The first-order valence-electron chi connectivity index (χ1n) is 5.25. The molecule has 0 unspecified atom stereocenters. The van der Waals surface area contributed by atoms with Crippen LogP contribution in [0.3, 0.4) is 0 Å². The molecule has 2 rings (SSSR count). The van der Waals surface area contributed by atoms with Crippen LogP contribution in [-0.4, -0.2) is 29.0 Å². The molecule has 92 valence electrons. The molecule has 0 radical (unpaired) electrons. The van der Waals surface area contributed by atoms with Crippen molar-refractivity contribution in [1.82, 2.24) is 15.1 Å². The smallest absolute Gasteiger partial charge is 0.0904 e. The van der Waals surface area contributed by atoms with Crippen molar-refractivity contribution in [2.24, 2.45) is 7.05 Å². The van der Waals surface area contributed by atoms with Crippen molar-refractivity contribution in [3.63, 3.8) is 0 Å². The molecule has 0 atom stereocenters. The quantitative estimate of drug-likeness (QED) is 0.926. The highest BCUT2D eigenvalue weighted by atomic mass is 79.9. The van der Waals surface area contributed by atoms with E-state index < -0.39 is 0 Å². The molecule has 1 fully saturated rings. The van der Waals surface area contributed by atoms with Gasteiger partial charge in [0.05, 0.1) is 10.2 Å². The van der Waals surface area contributed by atoms with Crippen LogP contribution in [-0.2, 0) is 18.3 Å². The number of rotatable bonds is 3. The number of aromatic nitrogens is 2. The Morgan fingerprint density at radius 2 is 2.25 bits per heavy atom. The summed E-state index contributed by atoms with van der Waals surface area (Å²) in [4.78, 5) is 0. The van der Waals surface area contributed by atoms with Gasteiger partial charge in [0, 0.05) is 39.0 Å². The molecule has 2 heterocycles. The van der Waals surface area contributed by atoms with Crippen LogP contribution in [0.1, 0.15) is 18.5 Å². The highest BCUT2D eigenvalue weighted by Gasteiger charge is 2.14. The van der Waals surface area contributed by atoms with Crippen molar-refractivity contribution >= 4 is 28.3 Å². The molecular weight excluding hydrogens is 293 g/mol. The number of hydrogen-bond donors (Lipinski definition) is 1. The molecule has 1 aromatic heterocycles. The van der Waals surface area contributed by atoms with Crippen LogP contribution in [0.25, 0.3) is 0 Å². The molecule has 1 aromatic rings. The van der Waals surface area contributed by atoms with Gasteiger partial charge in [0.2, 0.25) is 0 Å². The van der Waals surface area contributed by atoms with E-state index >= 15 is 0 Å². The van der Waals surface area contributed by atoms with E-state index in [4.69, 9.17) is 4.74 Å². The summed E-state index contributed by atoms with van der Waals surface area (Å²) in [5, 5.41) is 7.88. The van der Waals surface area contributed by atoms with Gasteiger partial charge in [0.15, 0.2) is 0 Å². The van der Waals surface area contributed by atoms with Crippen LogP contribution < -0.4 is 5.32 Å². The average molecular weight is 311 g/mol. The number of nitrogens with one attached hydrogen (secondary N) is 1. The zero-order chi connectivity index (χ0) is 10.7. The molecule has 0 saturated carbocycles. The summed E-state index contributed by atoms with van der Waals surface area (Å²) in [7, 11) is 1.93. The maximum absolute atomic E-state index is 5.31. The summed E-state index contributed by atoms with van der Waals surface area (Å²) in [5.74, 6) is 0. The Kier molecular flexibility index (Phi) is 5.75. The Balaban J connectivity index is 0.00000128. The standard InChI is InChI=1S/C10H16BrN3O.ClH/c1-14-7-9(11)10(13-14)6-12-8-2-4-15-5-3-8;/h7-8,12H,2-6H2,1H3;1H. The van der Waals surface area contributed by atoms with Crippen LogP contribution in [0.15, 0.2) is 10.7 Å². The van der Waals surface area contributed by atoms with Crippen molar-refractivity contribution in [3.8, 4) is 0 Å². The van der Waals surface area contributed by atoms with Gasteiger partial charge in [0.25, 0.3) is 0 Å². The largest absolute Gasteiger partial charge is 0.381 e. The van der Waals surface area contributed by atoms with Crippen LogP contribution in [0.5, 0.6) is 0 Å². The minimum Gasteiger partial charge on any atom is -0.381 e. The van der Waals surface area contributed by atoms with Gasteiger partial charge in [-0.1, -0.05) is 0 Å². The second-order valence-corrected chi connectivity index (χ2v) is 4.72. The summed E-state index contributed by atoms with van der Waals surface area (Å²) in [6, 6.07) is 0.577. The first-order valence-corrected chi connectivity index (χ1v) is 6.04. The van der Waals surface area contributed by atoms with Crippen LogP contribution in [0.4, 0.5) is 0 Å². The van der Waals surface area contributed by atoms with Gasteiger partial charge in [-0.05, 0) is 28.8 Å². The van der Waals surface area contributed by atoms with Crippen LogP contribution >= 0.6 is 28.3 Å². The monoisotopic (exact) mass is 309 g/mol. The highest BCUT2D eigenvalue weighted by molar-refractivity contribution is 9.10. The third kappa shape index (κ3) is 3.73. The van der Waals surface area contributed by atoms with E-state index in [9.17, 15) is 0 Å². The molecule has 6 heteroatoms. The first kappa shape index (κ1) is 14.0. The SMILES string of the molecule is Cl.Cn1cc(Br)c(CNC2CCOCC2)n1. The second-order valence-electron chi connectivity index (χ2n) is 3.86. The molecule has 0 bridgehead atoms. The molecule has 0 aliphatic carbocycles. The number of nitrogens with zero attached hydrogens (tertiary/aromatic N) is 2. The normalized spacial score (nSPS) is 17.1. The minimum atomic E-state index is 0. The Morgan fingerprint density at radius 3 is 2.81 bits per heavy atom. The fourth-order valence-electron chi connectivity index (χ4n) is 1.77. The number of aryl methyl sites for hydroxylation is 1. The maximum Gasteiger partial charge on any atom is 0.0904 e. The number of hydrogen-bond acceptors (Lipinski definition) is 3. The third-order valence-corrected chi connectivity index (χ3v) is 3.30. The molecule has 4 nitrogen and oxygen atoms in total. The fourth-order valence-corrected chi connectivity index (χ4v) is 2.28. The number of halogens is 2. The molecule has 1 saturated heterocycles. The van der Waals surface area contributed by atoms with Crippen molar-refractivity contribution in [2.75, 3.05) is 13.2 Å². The molecular formula is C10H17BrClN3O. The third-order valence-electron chi connectivity index (χ3n) is 2.63. The Bertz CT molecular complexity index is 326. The van der Waals surface area contributed by atoms with Gasteiger partial charge in [-0.15, -0.1) is 12.4 Å². The van der Waals surface area contributed by atoms with Gasteiger partial charge in [-0.2, -0.15) is 5.10 Å². The van der Waals surface area contributed by atoms with E-state index in [1.54, 1.807) is 0 Å². The molecule has 1 aliphatic heterocycles. The zero-order valence-electron chi connectivity index (χ0n) is 9.28. The number of ether oxygens (including phenoxy) is 1. The van der Waals surface area contributed by atoms with Crippen molar-refractivity contribution in [2.45, 2.75) is 25.4 Å². The molecule has 0 amide bonds. The van der Waals surface area contributed by atoms with E-state index in [0.717, 1.165) is 42.8 Å². The van der Waals surface area contributed by atoms with E-state index in [1.165, 1.54) is 0 Å². The summed E-state index contributed by atoms with van der Waals surface area (Å²) < 4.78 is 8.21. The lowest BCUT2D eigenvalue weighted by Crippen LogP contribution is -2.34. The van der Waals surface area contributed by atoms with Crippen molar-refractivity contribution in [3.05, 3.63) is 16.4 Å². The Hall–Kier alpha value is -0.100. The lowest BCUT2D eigenvalue weighted by atomic mass is 10.1. The van der Waals surface area contributed by atoms with Crippen molar-refractivity contribution in [1.29, 1.82) is 0 Å². The Morgan fingerprint density at radius 1 is 1.56 bits per heavy atom. The average Bonchev–Trinajstić information content (AvgIpc) is 2.56. The predicted molar refractivity (Wildman–Crippen MR) is 68.8 cm³/mol. The van der Waals surface area contributed by atoms with Gasteiger partial charge in [-0.25, -0.2) is 0 Å². The zero-order valence-corrected chi connectivity index (χ0v) is 11.7. The first-order chi connectivity index (χ1) is 7.25. The van der Waals surface area contributed by atoms with Crippen LogP contribution in [0, 0.1) is 0 Å². The summed E-state index contributed by atoms with van der Waals surface area (Å²) >= 11 is 3.49. The topological polar surface area (TPSA) is 39.1 Å².